The summed E-state index contributed by atoms with van der Waals surface area (Å²) in [6, 6.07) is 10.1. The van der Waals surface area contributed by atoms with E-state index in [0.717, 1.165) is 17.4 Å². The molecule has 1 aromatic heterocycles. The molecule has 0 aliphatic heterocycles. The molecule has 0 bridgehead atoms. The molecule has 0 aliphatic carbocycles. The van der Waals surface area contributed by atoms with Gasteiger partial charge in [0.2, 0.25) is 0 Å². The van der Waals surface area contributed by atoms with Crippen molar-refractivity contribution in [1.29, 1.82) is 0 Å². The highest BCUT2D eigenvalue weighted by Gasteiger charge is 2.26. The largest absolute Gasteiger partial charge is 0.252 e. The zero-order valence-corrected chi connectivity index (χ0v) is 13.0. The average Bonchev–Trinajstić information content (AvgIpc) is 2.84. The Morgan fingerprint density at radius 3 is 2.30 bits per heavy atom. The van der Waals surface area contributed by atoms with Crippen molar-refractivity contribution in [2.75, 3.05) is 13.1 Å². The third-order valence-electron chi connectivity index (χ3n) is 3.00. The molecule has 6 heteroatoms. The van der Waals surface area contributed by atoms with Gasteiger partial charge in [-0.1, -0.05) is 44.2 Å². The van der Waals surface area contributed by atoms with Gasteiger partial charge in [0.1, 0.15) is 10.0 Å². The Hall–Kier alpha value is -1.24. The van der Waals surface area contributed by atoms with Crippen molar-refractivity contribution in [2.45, 2.75) is 18.1 Å². The average molecular weight is 313 g/mol. The Kier molecular flexibility index (Phi) is 4.57. The maximum absolute atomic E-state index is 14.0. The number of thiophene rings is 1. The first-order valence-electron chi connectivity index (χ1n) is 6.35. The molecule has 3 nitrogen and oxygen atoms in total. The molecule has 20 heavy (non-hydrogen) atoms. The van der Waals surface area contributed by atoms with Crippen LogP contribution in [-0.4, -0.2) is 25.8 Å². The van der Waals surface area contributed by atoms with Crippen LogP contribution in [-0.2, 0) is 10.0 Å². The highest BCUT2D eigenvalue weighted by molar-refractivity contribution is 7.91. The summed E-state index contributed by atoms with van der Waals surface area (Å²) < 4.78 is 40.1. The van der Waals surface area contributed by atoms with Crippen molar-refractivity contribution in [1.82, 2.24) is 4.31 Å². The van der Waals surface area contributed by atoms with E-state index in [0.29, 0.717) is 23.5 Å². The monoisotopic (exact) mass is 313 g/mol. The van der Waals surface area contributed by atoms with Gasteiger partial charge in [-0.05, 0) is 5.56 Å². The fourth-order valence-corrected chi connectivity index (χ4v) is 4.90. The Morgan fingerprint density at radius 2 is 1.75 bits per heavy atom. The highest BCUT2D eigenvalue weighted by Crippen LogP contribution is 2.35. The standard InChI is InChI=1S/C14H16FNO2S2/c1-3-16(4-2)20(17,18)13-10-12(15)14(19-13)11-8-6-5-7-9-11/h5-10H,3-4H2,1-2H3. The molecule has 108 valence electrons. The van der Waals surface area contributed by atoms with E-state index >= 15 is 0 Å². The molecule has 0 saturated carbocycles. The van der Waals surface area contributed by atoms with Crippen LogP contribution in [0.1, 0.15) is 13.8 Å². The van der Waals surface area contributed by atoms with Crippen LogP contribution in [0.25, 0.3) is 10.4 Å². The van der Waals surface area contributed by atoms with Gasteiger partial charge < -0.3 is 0 Å². The fraction of sp³-hybridized carbons (Fsp3) is 0.286. The number of hydrogen-bond donors (Lipinski definition) is 0. The summed E-state index contributed by atoms with van der Waals surface area (Å²) in [5.41, 5.74) is 0.691. The molecule has 0 atom stereocenters. The second kappa shape index (κ2) is 6.03. The lowest BCUT2D eigenvalue weighted by atomic mass is 10.2. The Bertz CT molecular complexity index is 676. The van der Waals surface area contributed by atoms with Crippen LogP contribution in [0, 0.1) is 5.82 Å². The molecule has 0 fully saturated rings. The van der Waals surface area contributed by atoms with E-state index in [4.69, 9.17) is 0 Å². The van der Waals surface area contributed by atoms with E-state index in [-0.39, 0.29) is 4.21 Å². The van der Waals surface area contributed by atoms with E-state index in [1.165, 1.54) is 4.31 Å². The van der Waals surface area contributed by atoms with E-state index in [1.807, 2.05) is 6.07 Å². The van der Waals surface area contributed by atoms with Crippen molar-refractivity contribution >= 4 is 21.4 Å². The summed E-state index contributed by atoms with van der Waals surface area (Å²) in [5, 5.41) is 0. The Labute approximate surface area is 122 Å². The molecule has 1 heterocycles. The maximum Gasteiger partial charge on any atom is 0.252 e. The number of benzene rings is 1. The normalized spacial score (nSPS) is 12.0. The first-order chi connectivity index (χ1) is 9.50. The van der Waals surface area contributed by atoms with E-state index in [2.05, 4.69) is 0 Å². The van der Waals surface area contributed by atoms with Crippen LogP contribution in [0.5, 0.6) is 0 Å². The van der Waals surface area contributed by atoms with Gasteiger partial charge in [-0.3, -0.25) is 0 Å². The van der Waals surface area contributed by atoms with Crippen LogP contribution in [0.2, 0.25) is 0 Å². The number of sulfonamides is 1. The molecule has 2 aromatic rings. The lowest BCUT2D eigenvalue weighted by Crippen LogP contribution is -2.29. The van der Waals surface area contributed by atoms with Crippen molar-refractivity contribution in [2.24, 2.45) is 0 Å². The second-order valence-electron chi connectivity index (χ2n) is 4.20. The van der Waals surface area contributed by atoms with Gasteiger partial charge in [0.15, 0.2) is 0 Å². The maximum atomic E-state index is 14.0. The molecule has 0 aliphatic rings. The molecule has 0 spiro atoms. The first kappa shape index (κ1) is 15.2. The molecule has 2 rings (SSSR count). The first-order valence-corrected chi connectivity index (χ1v) is 8.61. The van der Waals surface area contributed by atoms with E-state index < -0.39 is 15.8 Å². The third-order valence-corrected chi connectivity index (χ3v) is 6.66. The fourth-order valence-electron chi connectivity index (χ4n) is 1.95. The quantitative estimate of drug-likeness (QED) is 0.846. The lowest BCUT2D eigenvalue weighted by Gasteiger charge is -2.16. The number of halogens is 1. The molecule has 0 saturated heterocycles. The lowest BCUT2D eigenvalue weighted by molar-refractivity contribution is 0.446. The second-order valence-corrected chi connectivity index (χ2v) is 7.41. The number of hydrogen-bond acceptors (Lipinski definition) is 3. The minimum absolute atomic E-state index is 0.0533. The molecule has 0 N–H and O–H groups in total. The molecule has 0 radical (unpaired) electrons. The summed E-state index contributed by atoms with van der Waals surface area (Å²) in [5.74, 6) is -0.494. The van der Waals surface area contributed by atoms with Crippen molar-refractivity contribution in [3.05, 3.63) is 42.2 Å². The summed E-state index contributed by atoms with van der Waals surface area (Å²) in [7, 11) is -3.60. The molecule has 1 aromatic carbocycles. The van der Waals surface area contributed by atoms with Gasteiger partial charge in [-0.2, -0.15) is 4.31 Å². The predicted octanol–water partition coefficient (Wildman–Crippen LogP) is 3.58. The van der Waals surface area contributed by atoms with E-state index in [9.17, 15) is 12.8 Å². The molecule has 0 unspecified atom stereocenters. The SMILES string of the molecule is CCN(CC)S(=O)(=O)c1cc(F)c(-c2ccccc2)s1. The molecule has 0 amide bonds. The van der Waals surface area contributed by atoms with Crippen LogP contribution in [0.15, 0.2) is 40.6 Å². The van der Waals surface area contributed by atoms with Gasteiger partial charge >= 0.3 is 0 Å². The summed E-state index contributed by atoms with van der Waals surface area (Å²) in [6.07, 6.45) is 0. The Morgan fingerprint density at radius 1 is 1.15 bits per heavy atom. The van der Waals surface area contributed by atoms with Gasteiger partial charge in [-0.15, -0.1) is 11.3 Å². The predicted molar refractivity (Wildman–Crippen MR) is 79.8 cm³/mol. The summed E-state index contributed by atoms with van der Waals surface area (Å²) in [4.78, 5) is 0.358. The minimum atomic E-state index is -3.60. The van der Waals surface area contributed by atoms with Gasteiger partial charge in [-0.25, -0.2) is 12.8 Å². The number of nitrogens with zero attached hydrogens (tertiary/aromatic N) is 1. The highest BCUT2D eigenvalue weighted by atomic mass is 32.2. The van der Waals surface area contributed by atoms with Crippen molar-refractivity contribution in [3.63, 3.8) is 0 Å². The summed E-state index contributed by atoms with van der Waals surface area (Å²) >= 11 is 0.974. The van der Waals surface area contributed by atoms with Crippen molar-refractivity contribution in [3.8, 4) is 10.4 Å². The van der Waals surface area contributed by atoms with Crippen LogP contribution >= 0.6 is 11.3 Å². The zero-order chi connectivity index (χ0) is 14.8. The zero-order valence-electron chi connectivity index (χ0n) is 11.3. The van der Waals surface area contributed by atoms with Gasteiger partial charge in [0.05, 0.1) is 4.88 Å². The van der Waals surface area contributed by atoms with Crippen LogP contribution in [0.4, 0.5) is 4.39 Å². The summed E-state index contributed by atoms with van der Waals surface area (Å²) in [6.45, 7) is 4.28. The van der Waals surface area contributed by atoms with E-state index in [1.54, 1.807) is 38.1 Å². The van der Waals surface area contributed by atoms with Crippen LogP contribution < -0.4 is 0 Å². The molecular formula is C14H16FNO2S2. The Balaban J connectivity index is 2.47. The third kappa shape index (κ3) is 2.77. The van der Waals surface area contributed by atoms with Crippen LogP contribution in [0.3, 0.4) is 0 Å². The van der Waals surface area contributed by atoms with Gasteiger partial charge in [0.25, 0.3) is 10.0 Å². The smallest absolute Gasteiger partial charge is 0.206 e. The molecular weight excluding hydrogens is 297 g/mol. The number of rotatable bonds is 5. The van der Waals surface area contributed by atoms with Gasteiger partial charge in [0, 0.05) is 19.2 Å². The minimum Gasteiger partial charge on any atom is -0.206 e. The topological polar surface area (TPSA) is 37.4 Å². The van der Waals surface area contributed by atoms with Crippen molar-refractivity contribution < 1.29 is 12.8 Å².